The second kappa shape index (κ2) is 8.92. The van der Waals surface area contributed by atoms with Gasteiger partial charge in [0.25, 0.3) is 5.69 Å². The summed E-state index contributed by atoms with van der Waals surface area (Å²) in [6.07, 6.45) is -0.779. The van der Waals surface area contributed by atoms with Crippen LogP contribution in [0.5, 0.6) is 0 Å². The lowest BCUT2D eigenvalue weighted by molar-refractivity contribution is -0.384. The average molecular weight is 338 g/mol. The van der Waals surface area contributed by atoms with Gasteiger partial charge in [0.15, 0.2) is 5.96 Å². The third-order valence-corrected chi connectivity index (χ3v) is 2.91. The van der Waals surface area contributed by atoms with Gasteiger partial charge in [-0.25, -0.2) is 4.79 Å². The molecule has 1 atom stereocenters. The van der Waals surface area contributed by atoms with Crippen molar-refractivity contribution in [1.82, 2.24) is 5.32 Å². The molecule has 0 fully saturated rings. The SMILES string of the molecule is NC(N)=NCCC[C@H](NC(=O)O)C(=O)Nc1ccc([N+](=O)[O-])cc1. The van der Waals surface area contributed by atoms with Crippen molar-refractivity contribution in [2.24, 2.45) is 16.5 Å². The molecule has 0 spiro atoms. The van der Waals surface area contributed by atoms with Crippen molar-refractivity contribution in [2.75, 3.05) is 11.9 Å². The minimum Gasteiger partial charge on any atom is -0.465 e. The fourth-order valence-corrected chi connectivity index (χ4v) is 1.82. The van der Waals surface area contributed by atoms with Crippen molar-refractivity contribution in [3.63, 3.8) is 0 Å². The first-order valence-electron chi connectivity index (χ1n) is 6.89. The number of nitrogens with one attached hydrogen (secondary N) is 2. The maximum atomic E-state index is 12.1. The molecule has 11 heteroatoms. The van der Waals surface area contributed by atoms with E-state index in [1.54, 1.807) is 0 Å². The lowest BCUT2D eigenvalue weighted by Gasteiger charge is -2.16. The monoisotopic (exact) mass is 338 g/mol. The Labute approximate surface area is 136 Å². The predicted molar refractivity (Wildman–Crippen MR) is 86.6 cm³/mol. The number of carbonyl (C=O) groups excluding carboxylic acids is 1. The van der Waals surface area contributed by atoms with Gasteiger partial charge in [0.05, 0.1) is 4.92 Å². The number of guanidine groups is 1. The van der Waals surface area contributed by atoms with E-state index >= 15 is 0 Å². The van der Waals surface area contributed by atoms with Crippen LogP contribution in [0.2, 0.25) is 0 Å². The fraction of sp³-hybridized carbons (Fsp3) is 0.308. The minimum atomic E-state index is -1.35. The van der Waals surface area contributed by atoms with Crippen molar-refractivity contribution in [2.45, 2.75) is 18.9 Å². The van der Waals surface area contributed by atoms with Crippen molar-refractivity contribution < 1.29 is 19.6 Å². The Morgan fingerprint density at radius 1 is 1.29 bits per heavy atom. The molecule has 0 saturated heterocycles. The molecule has 0 aromatic heterocycles. The fourth-order valence-electron chi connectivity index (χ4n) is 1.82. The molecule has 0 saturated carbocycles. The van der Waals surface area contributed by atoms with Gasteiger partial charge in [0, 0.05) is 24.4 Å². The molecule has 0 aliphatic heterocycles. The topological polar surface area (TPSA) is 186 Å². The van der Waals surface area contributed by atoms with Crippen LogP contribution in [-0.4, -0.2) is 40.6 Å². The third-order valence-electron chi connectivity index (χ3n) is 2.91. The number of amides is 2. The molecule has 0 unspecified atom stereocenters. The first-order valence-corrected chi connectivity index (χ1v) is 6.89. The number of non-ortho nitro benzene ring substituents is 1. The van der Waals surface area contributed by atoms with E-state index in [-0.39, 0.29) is 24.6 Å². The van der Waals surface area contributed by atoms with E-state index in [4.69, 9.17) is 16.6 Å². The van der Waals surface area contributed by atoms with E-state index in [9.17, 15) is 19.7 Å². The molecule has 24 heavy (non-hydrogen) atoms. The van der Waals surface area contributed by atoms with E-state index in [1.165, 1.54) is 24.3 Å². The second-order valence-electron chi connectivity index (χ2n) is 4.74. The number of rotatable bonds is 8. The summed E-state index contributed by atoms with van der Waals surface area (Å²) in [5, 5.41) is 24.0. The van der Waals surface area contributed by atoms with E-state index in [0.717, 1.165) is 0 Å². The standard InChI is InChI=1S/C13H18N6O5/c14-12(15)16-7-1-2-10(18-13(21)22)11(20)17-8-3-5-9(6-4-8)19(23)24/h3-6,10,18H,1-2,7H2,(H,17,20)(H,21,22)(H4,14,15,16)/t10-/m0/s1. The van der Waals surface area contributed by atoms with Gasteiger partial charge in [-0.05, 0) is 25.0 Å². The van der Waals surface area contributed by atoms with Gasteiger partial charge in [-0.15, -0.1) is 0 Å². The predicted octanol–water partition coefficient (Wildman–Crippen LogP) is 0.223. The number of aliphatic imine (C=N–C) groups is 1. The number of hydrogen-bond donors (Lipinski definition) is 5. The van der Waals surface area contributed by atoms with Gasteiger partial charge in [0.2, 0.25) is 5.91 Å². The van der Waals surface area contributed by atoms with Crippen molar-refractivity contribution in [3.05, 3.63) is 34.4 Å². The van der Waals surface area contributed by atoms with Gasteiger partial charge in [0.1, 0.15) is 6.04 Å². The number of hydrogen-bond acceptors (Lipinski definition) is 5. The number of nitrogens with two attached hydrogens (primary N) is 2. The number of nitro groups is 1. The van der Waals surface area contributed by atoms with Crippen LogP contribution in [0.3, 0.4) is 0 Å². The molecule has 0 aliphatic rings. The molecule has 11 nitrogen and oxygen atoms in total. The molecular weight excluding hydrogens is 320 g/mol. The van der Waals surface area contributed by atoms with Crippen LogP contribution in [0.4, 0.5) is 16.2 Å². The number of benzene rings is 1. The highest BCUT2D eigenvalue weighted by Crippen LogP contribution is 2.16. The van der Waals surface area contributed by atoms with Crippen molar-refractivity contribution >= 4 is 29.3 Å². The molecule has 0 aliphatic carbocycles. The summed E-state index contributed by atoms with van der Waals surface area (Å²) in [6.45, 7) is 0.255. The Hall–Kier alpha value is -3.37. The average Bonchev–Trinajstić information content (AvgIpc) is 2.50. The number of nitrogens with zero attached hydrogens (tertiary/aromatic N) is 2. The zero-order chi connectivity index (χ0) is 18.1. The van der Waals surface area contributed by atoms with Gasteiger partial charge in [-0.2, -0.15) is 0 Å². The summed E-state index contributed by atoms with van der Waals surface area (Å²) in [7, 11) is 0. The number of nitro benzene ring substituents is 1. The smallest absolute Gasteiger partial charge is 0.405 e. The number of anilines is 1. The normalized spacial score (nSPS) is 11.2. The maximum absolute atomic E-state index is 12.1. The van der Waals surface area contributed by atoms with E-state index in [1.807, 2.05) is 0 Å². The number of carboxylic acid groups (broad SMARTS) is 1. The highest BCUT2D eigenvalue weighted by molar-refractivity contribution is 5.96. The number of carbonyl (C=O) groups is 2. The molecule has 130 valence electrons. The van der Waals surface area contributed by atoms with Crippen molar-refractivity contribution in [1.29, 1.82) is 0 Å². The molecule has 0 heterocycles. The Morgan fingerprint density at radius 2 is 1.92 bits per heavy atom. The van der Waals surface area contributed by atoms with Crippen LogP contribution in [-0.2, 0) is 4.79 Å². The van der Waals surface area contributed by atoms with Gasteiger partial charge >= 0.3 is 6.09 Å². The summed E-state index contributed by atoms with van der Waals surface area (Å²) in [6, 6.07) is 4.16. The summed E-state index contributed by atoms with van der Waals surface area (Å²) in [4.78, 5) is 36.7. The van der Waals surface area contributed by atoms with E-state index < -0.39 is 23.0 Å². The largest absolute Gasteiger partial charge is 0.465 e. The third kappa shape index (κ3) is 6.60. The molecule has 7 N–H and O–H groups in total. The molecule has 2 amide bonds. The molecule has 0 bridgehead atoms. The van der Waals surface area contributed by atoms with Crippen LogP contribution in [0.25, 0.3) is 0 Å². The summed E-state index contributed by atoms with van der Waals surface area (Å²) in [5.74, 6) is -0.677. The summed E-state index contributed by atoms with van der Waals surface area (Å²) < 4.78 is 0. The molecule has 1 aromatic carbocycles. The first kappa shape index (κ1) is 18.7. The van der Waals surface area contributed by atoms with Crippen LogP contribution in [0, 0.1) is 10.1 Å². The maximum Gasteiger partial charge on any atom is 0.405 e. The van der Waals surface area contributed by atoms with E-state index in [0.29, 0.717) is 12.1 Å². The zero-order valence-corrected chi connectivity index (χ0v) is 12.6. The second-order valence-corrected chi connectivity index (χ2v) is 4.74. The molecule has 0 radical (unpaired) electrons. The van der Waals surface area contributed by atoms with Crippen LogP contribution >= 0.6 is 0 Å². The zero-order valence-electron chi connectivity index (χ0n) is 12.6. The summed E-state index contributed by atoms with van der Waals surface area (Å²) in [5.41, 5.74) is 10.5. The van der Waals surface area contributed by atoms with Gasteiger partial charge in [-0.3, -0.25) is 19.9 Å². The van der Waals surface area contributed by atoms with Crippen LogP contribution in [0.15, 0.2) is 29.3 Å². The van der Waals surface area contributed by atoms with Crippen LogP contribution in [0.1, 0.15) is 12.8 Å². The Kier molecular flexibility index (Phi) is 6.95. The molecule has 1 aromatic rings. The lowest BCUT2D eigenvalue weighted by atomic mass is 10.1. The van der Waals surface area contributed by atoms with Crippen LogP contribution < -0.4 is 22.1 Å². The first-order chi connectivity index (χ1) is 11.3. The van der Waals surface area contributed by atoms with E-state index in [2.05, 4.69) is 15.6 Å². The minimum absolute atomic E-state index is 0.0897. The lowest BCUT2D eigenvalue weighted by Crippen LogP contribution is -2.43. The molecule has 1 rings (SSSR count). The Morgan fingerprint density at radius 3 is 2.42 bits per heavy atom. The quantitative estimate of drug-likeness (QED) is 0.147. The summed E-state index contributed by atoms with van der Waals surface area (Å²) >= 11 is 0. The van der Waals surface area contributed by atoms with Crippen molar-refractivity contribution in [3.8, 4) is 0 Å². The van der Waals surface area contributed by atoms with Gasteiger partial charge in [-0.1, -0.05) is 0 Å². The molecular formula is C13H18N6O5. The Balaban J connectivity index is 2.67. The highest BCUT2D eigenvalue weighted by atomic mass is 16.6. The Bertz CT molecular complexity index is 626. The van der Waals surface area contributed by atoms with Gasteiger partial charge < -0.3 is 27.2 Å². The highest BCUT2D eigenvalue weighted by Gasteiger charge is 2.20.